The highest BCUT2D eigenvalue weighted by Gasteiger charge is 2.40. The van der Waals surface area contributed by atoms with Crippen molar-refractivity contribution >= 4 is 5.91 Å². The molecular formula is C24H36N2O3. The van der Waals surface area contributed by atoms with Gasteiger partial charge in [0.2, 0.25) is 5.91 Å². The fraction of sp³-hybridized carbons (Fsp3) is 0.708. The van der Waals surface area contributed by atoms with E-state index in [1.54, 1.807) is 0 Å². The molecule has 2 aliphatic heterocycles. The summed E-state index contributed by atoms with van der Waals surface area (Å²) < 4.78 is 11.6. The number of piperidine rings is 1. The van der Waals surface area contributed by atoms with Gasteiger partial charge in [-0.25, -0.2) is 0 Å². The molecule has 5 heteroatoms. The molecule has 29 heavy (non-hydrogen) atoms. The third-order valence-electron chi connectivity index (χ3n) is 6.96. The predicted molar refractivity (Wildman–Crippen MR) is 114 cm³/mol. The maximum atomic E-state index is 12.5. The van der Waals surface area contributed by atoms with Crippen molar-refractivity contribution in [1.29, 1.82) is 0 Å². The Kier molecular flexibility index (Phi) is 6.88. The van der Waals surface area contributed by atoms with Crippen LogP contribution in [0.2, 0.25) is 0 Å². The molecule has 1 saturated carbocycles. The smallest absolute Gasteiger partial charge is 0.234 e. The van der Waals surface area contributed by atoms with Crippen molar-refractivity contribution in [2.45, 2.75) is 70.1 Å². The van der Waals surface area contributed by atoms with E-state index in [0.29, 0.717) is 19.8 Å². The molecule has 1 amide bonds. The molecular weight excluding hydrogens is 364 g/mol. The maximum Gasteiger partial charge on any atom is 0.234 e. The molecule has 1 spiro atoms. The summed E-state index contributed by atoms with van der Waals surface area (Å²) in [6, 6.07) is 9.19. The van der Waals surface area contributed by atoms with Gasteiger partial charge < -0.3 is 14.8 Å². The van der Waals surface area contributed by atoms with E-state index in [1.807, 2.05) is 0 Å². The van der Waals surface area contributed by atoms with E-state index in [4.69, 9.17) is 9.47 Å². The molecule has 0 radical (unpaired) electrons. The summed E-state index contributed by atoms with van der Waals surface area (Å²) in [4.78, 5) is 14.8. The van der Waals surface area contributed by atoms with Gasteiger partial charge in [-0.2, -0.15) is 0 Å². The minimum Gasteiger partial charge on any atom is -0.352 e. The zero-order valence-electron chi connectivity index (χ0n) is 17.8. The zero-order chi connectivity index (χ0) is 20.1. The number of nitrogens with one attached hydrogen (secondary N) is 1. The van der Waals surface area contributed by atoms with E-state index in [2.05, 4.69) is 41.4 Å². The van der Waals surface area contributed by atoms with Crippen molar-refractivity contribution in [3.63, 3.8) is 0 Å². The van der Waals surface area contributed by atoms with Crippen LogP contribution < -0.4 is 5.32 Å². The number of likely N-dealkylation sites (tertiary alicyclic amines) is 1. The van der Waals surface area contributed by atoms with Gasteiger partial charge in [-0.3, -0.25) is 9.69 Å². The van der Waals surface area contributed by atoms with Gasteiger partial charge in [-0.1, -0.05) is 29.8 Å². The number of aryl methyl sites for hydroxylation is 2. The van der Waals surface area contributed by atoms with Gasteiger partial charge in [-0.05, 0) is 70.0 Å². The minimum absolute atomic E-state index is 0.178. The topological polar surface area (TPSA) is 50.8 Å². The average Bonchev–Trinajstić information content (AvgIpc) is 3.19. The van der Waals surface area contributed by atoms with Gasteiger partial charge >= 0.3 is 0 Å². The van der Waals surface area contributed by atoms with E-state index >= 15 is 0 Å². The lowest BCUT2D eigenvalue weighted by atomic mass is 9.89. The molecule has 0 aromatic heterocycles. The molecule has 1 N–H and O–H groups in total. The van der Waals surface area contributed by atoms with Crippen molar-refractivity contribution in [3.05, 3.63) is 35.4 Å². The number of rotatable bonds is 6. The number of carbonyl (C=O) groups excluding carboxylic acids is 1. The third-order valence-corrected chi connectivity index (χ3v) is 6.96. The van der Waals surface area contributed by atoms with Crippen LogP contribution in [0.4, 0.5) is 0 Å². The van der Waals surface area contributed by atoms with Crippen LogP contribution in [0.15, 0.2) is 24.3 Å². The number of benzene rings is 1. The molecule has 2 saturated heterocycles. The molecule has 160 valence electrons. The molecule has 5 nitrogen and oxygen atoms in total. The van der Waals surface area contributed by atoms with Gasteiger partial charge in [0.15, 0.2) is 5.79 Å². The predicted octanol–water partition coefficient (Wildman–Crippen LogP) is 3.44. The highest BCUT2D eigenvalue weighted by molar-refractivity contribution is 5.78. The molecule has 1 aromatic rings. The summed E-state index contributed by atoms with van der Waals surface area (Å²) in [6.07, 6.45) is 8.53. The third kappa shape index (κ3) is 5.80. The highest BCUT2D eigenvalue weighted by atomic mass is 16.7. The molecule has 2 heterocycles. The number of ether oxygens (including phenoxy) is 2. The Morgan fingerprint density at radius 2 is 1.72 bits per heavy atom. The first-order valence-corrected chi connectivity index (χ1v) is 11.5. The second kappa shape index (κ2) is 9.59. The van der Waals surface area contributed by atoms with Crippen molar-refractivity contribution in [1.82, 2.24) is 10.2 Å². The maximum absolute atomic E-state index is 12.5. The molecule has 4 rings (SSSR count). The average molecular weight is 401 g/mol. The molecule has 1 aliphatic carbocycles. The van der Waals surface area contributed by atoms with E-state index in [0.717, 1.165) is 44.7 Å². The van der Waals surface area contributed by atoms with Gasteiger partial charge in [0.05, 0.1) is 19.8 Å². The second-order valence-corrected chi connectivity index (χ2v) is 9.19. The largest absolute Gasteiger partial charge is 0.352 e. The monoisotopic (exact) mass is 400 g/mol. The summed E-state index contributed by atoms with van der Waals surface area (Å²) in [7, 11) is 0. The van der Waals surface area contributed by atoms with Crippen LogP contribution in [0, 0.1) is 12.8 Å². The van der Waals surface area contributed by atoms with Crippen LogP contribution in [0.5, 0.6) is 0 Å². The number of hydrogen-bond donors (Lipinski definition) is 1. The van der Waals surface area contributed by atoms with Gasteiger partial charge in [-0.15, -0.1) is 0 Å². The SMILES string of the molecule is Cc1ccc(CCC2CCN(CC(=O)NC3CCC4(CC3)OCCO4)CC2)cc1. The summed E-state index contributed by atoms with van der Waals surface area (Å²) in [5.74, 6) is 0.621. The Labute approximate surface area is 175 Å². The van der Waals surface area contributed by atoms with Crippen LogP contribution in [0.1, 0.15) is 56.1 Å². The molecule has 3 fully saturated rings. The summed E-state index contributed by atoms with van der Waals surface area (Å²) >= 11 is 0. The Morgan fingerprint density at radius 3 is 2.38 bits per heavy atom. The van der Waals surface area contributed by atoms with Crippen molar-refractivity contribution in [3.8, 4) is 0 Å². The van der Waals surface area contributed by atoms with Crippen molar-refractivity contribution in [2.24, 2.45) is 5.92 Å². The van der Waals surface area contributed by atoms with Crippen LogP contribution in [0.25, 0.3) is 0 Å². The lowest BCUT2D eigenvalue weighted by molar-refractivity contribution is -0.180. The van der Waals surface area contributed by atoms with Crippen molar-refractivity contribution < 1.29 is 14.3 Å². The lowest BCUT2D eigenvalue weighted by Crippen LogP contribution is -2.47. The Hall–Kier alpha value is -1.43. The number of amides is 1. The summed E-state index contributed by atoms with van der Waals surface area (Å²) in [6.45, 7) is 6.18. The molecule has 1 aromatic carbocycles. The van der Waals surface area contributed by atoms with E-state index in [1.165, 1.54) is 36.8 Å². The van der Waals surface area contributed by atoms with Crippen LogP contribution in [-0.2, 0) is 20.7 Å². The fourth-order valence-electron chi connectivity index (χ4n) is 5.02. The fourth-order valence-corrected chi connectivity index (χ4v) is 5.02. The molecule has 0 bridgehead atoms. The highest BCUT2D eigenvalue weighted by Crippen LogP contribution is 2.35. The van der Waals surface area contributed by atoms with Gasteiger partial charge in [0.25, 0.3) is 0 Å². The summed E-state index contributed by atoms with van der Waals surface area (Å²) in [5, 5.41) is 3.24. The number of nitrogens with zero attached hydrogens (tertiary/aromatic N) is 1. The Bertz CT molecular complexity index is 651. The van der Waals surface area contributed by atoms with Crippen LogP contribution in [-0.4, -0.2) is 55.5 Å². The zero-order valence-corrected chi connectivity index (χ0v) is 17.8. The summed E-state index contributed by atoms with van der Waals surface area (Å²) in [5.41, 5.74) is 2.77. The van der Waals surface area contributed by atoms with Gasteiger partial charge in [0.1, 0.15) is 0 Å². The first kappa shape index (κ1) is 20.8. The number of hydrogen-bond acceptors (Lipinski definition) is 4. The molecule has 0 atom stereocenters. The first-order chi connectivity index (χ1) is 14.1. The van der Waals surface area contributed by atoms with Crippen LogP contribution >= 0.6 is 0 Å². The van der Waals surface area contributed by atoms with E-state index in [-0.39, 0.29) is 17.7 Å². The van der Waals surface area contributed by atoms with Crippen LogP contribution in [0.3, 0.4) is 0 Å². The first-order valence-electron chi connectivity index (χ1n) is 11.5. The minimum atomic E-state index is -0.346. The standard InChI is InChI=1S/C24H36N2O3/c1-19-2-4-20(5-3-19)6-7-21-10-14-26(15-11-21)18-23(27)25-22-8-12-24(13-9-22)28-16-17-29-24/h2-5,21-22H,6-18H2,1H3,(H,25,27). The lowest BCUT2D eigenvalue weighted by Gasteiger charge is -2.36. The normalized spacial score (nSPS) is 23.5. The Morgan fingerprint density at radius 1 is 1.07 bits per heavy atom. The van der Waals surface area contributed by atoms with E-state index in [9.17, 15) is 4.79 Å². The number of carbonyl (C=O) groups is 1. The molecule has 0 unspecified atom stereocenters. The van der Waals surface area contributed by atoms with Gasteiger partial charge in [0, 0.05) is 18.9 Å². The Balaban J connectivity index is 1.11. The second-order valence-electron chi connectivity index (χ2n) is 9.19. The van der Waals surface area contributed by atoms with E-state index < -0.39 is 0 Å². The quantitative estimate of drug-likeness (QED) is 0.795. The van der Waals surface area contributed by atoms with Crippen molar-refractivity contribution in [2.75, 3.05) is 32.8 Å². The molecule has 3 aliphatic rings.